The number of hydrogen-bond donors (Lipinski definition) is 2. The van der Waals surface area contributed by atoms with Crippen LogP contribution in [-0.4, -0.2) is 25.7 Å². The summed E-state index contributed by atoms with van der Waals surface area (Å²) in [5.41, 5.74) is 4.57. The molecule has 1 aromatic heterocycles. The van der Waals surface area contributed by atoms with Crippen LogP contribution in [0.5, 0.6) is 0 Å². The van der Waals surface area contributed by atoms with Crippen LogP contribution in [0.25, 0.3) is 10.9 Å². The number of carbonyl (C=O) groups is 1. The zero-order valence-corrected chi connectivity index (χ0v) is 17.3. The summed E-state index contributed by atoms with van der Waals surface area (Å²) in [7, 11) is -3.59. The fourth-order valence-corrected chi connectivity index (χ4v) is 5.81. The number of allylic oxidation sites excluding steroid dienone is 1. The van der Waals surface area contributed by atoms with Crippen LogP contribution in [0.15, 0.2) is 28.7 Å². The molecule has 0 amide bonds. The molecule has 0 aliphatic heterocycles. The molecule has 5 nitrogen and oxygen atoms in total. The summed E-state index contributed by atoms with van der Waals surface area (Å²) in [6.07, 6.45) is 10.5. The molecule has 2 N–H and O–H groups in total. The summed E-state index contributed by atoms with van der Waals surface area (Å²) < 4.78 is 28.8. The van der Waals surface area contributed by atoms with E-state index in [1.165, 1.54) is 18.4 Å². The van der Waals surface area contributed by atoms with E-state index in [4.69, 9.17) is 0 Å². The third-order valence-corrected chi connectivity index (χ3v) is 7.50. The van der Waals surface area contributed by atoms with Crippen molar-refractivity contribution in [3.05, 3.63) is 40.6 Å². The second-order valence-electron chi connectivity index (χ2n) is 7.87. The number of fused-ring (bicyclic) bond motifs is 3. The lowest BCUT2D eigenvalue weighted by Gasteiger charge is -2.14. The van der Waals surface area contributed by atoms with Gasteiger partial charge in [-0.2, -0.15) is 0 Å². The van der Waals surface area contributed by atoms with Gasteiger partial charge in [0, 0.05) is 35.1 Å². The SMILES string of the molecule is CCc1cc2c3c([nH]c2cc1S(=O)(=O)NCCC1=CCCCC1)CCCC3=O. The molecule has 0 bridgehead atoms. The minimum absolute atomic E-state index is 0.157. The second-order valence-corrected chi connectivity index (χ2v) is 9.61. The van der Waals surface area contributed by atoms with Crippen LogP contribution < -0.4 is 4.72 Å². The van der Waals surface area contributed by atoms with Gasteiger partial charge in [0.1, 0.15) is 0 Å². The number of H-pyrrole nitrogens is 1. The molecule has 150 valence electrons. The highest BCUT2D eigenvalue weighted by atomic mass is 32.2. The van der Waals surface area contributed by atoms with Gasteiger partial charge in [-0.15, -0.1) is 0 Å². The van der Waals surface area contributed by atoms with Gasteiger partial charge in [-0.25, -0.2) is 13.1 Å². The van der Waals surface area contributed by atoms with Crippen LogP contribution in [0.4, 0.5) is 0 Å². The zero-order valence-electron chi connectivity index (χ0n) is 16.4. The van der Waals surface area contributed by atoms with E-state index in [1.807, 2.05) is 13.0 Å². The lowest BCUT2D eigenvalue weighted by molar-refractivity contribution is 0.0974. The Morgan fingerprint density at radius 1 is 1.11 bits per heavy atom. The van der Waals surface area contributed by atoms with E-state index in [2.05, 4.69) is 15.8 Å². The number of aromatic amines is 1. The van der Waals surface area contributed by atoms with Gasteiger partial charge in [0.15, 0.2) is 5.78 Å². The van der Waals surface area contributed by atoms with Gasteiger partial charge >= 0.3 is 0 Å². The summed E-state index contributed by atoms with van der Waals surface area (Å²) in [4.78, 5) is 16.0. The number of rotatable bonds is 6. The molecule has 0 fully saturated rings. The van der Waals surface area contributed by atoms with Crippen LogP contribution >= 0.6 is 0 Å². The van der Waals surface area contributed by atoms with E-state index in [-0.39, 0.29) is 5.78 Å². The first kappa shape index (κ1) is 19.4. The van der Waals surface area contributed by atoms with Crippen LogP contribution in [0.1, 0.15) is 73.5 Å². The monoisotopic (exact) mass is 400 g/mol. The molecule has 2 aliphatic carbocycles. The standard InChI is InChI=1S/C22H28N2O3S/c1-2-16-13-17-19(24-18-9-6-10-20(25)22(17)18)14-21(16)28(26,27)23-12-11-15-7-4-3-5-8-15/h7,13-14,23-24H,2-6,8-12H2,1H3. The van der Waals surface area contributed by atoms with Crippen molar-refractivity contribution in [2.75, 3.05) is 6.54 Å². The van der Waals surface area contributed by atoms with Gasteiger partial charge in [0.05, 0.1) is 4.90 Å². The molecule has 2 aromatic rings. The first-order chi connectivity index (χ1) is 13.5. The maximum Gasteiger partial charge on any atom is 0.240 e. The molecule has 0 atom stereocenters. The molecule has 2 aliphatic rings. The maximum atomic E-state index is 13.0. The average molecular weight is 401 g/mol. The number of benzene rings is 1. The predicted octanol–water partition coefficient (Wildman–Crippen LogP) is 4.42. The highest BCUT2D eigenvalue weighted by molar-refractivity contribution is 7.89. The topological polar surface area (TPSA) is 79.0 Å². The Hall–Kier alpha value is -1.92. The fraction of sp³-hybridized carbons (Fsp3) is 0.500. The number of aryl methyl sites for hydroxylation is 2. The number of carbonyl (C=O) groups excluding carboxylic acids is 1. The van der Waals surface area contributed by atoms with Crippen LogP contribution in [0.2, 0.25) is 0 Å². The molecule has 1 heterocycles. The van der Waals surface area contributed by atoms with Crippen molar-refractivity contribution in [3.63, 3.8) is 0 Å². The van der Waals surface area contributed by atoms with E-state index in [0.717, 1.165) is 59.8 Å². The normalized spacial score (nSPS) is 17.6. The highest BCUT2D eigenvalue weighted by Gasteiger charge is 2.25. The van der Waals surface area contributed by atoms with Gasteiger partial charge in [0.2, 0.25) is 10.0 Å². The Morgan fingerprint density at radius 3 is 2.71 bits per heavy atom. The molecular weight excluding hydrogens is 372 g/mol. The summed E-state index contributed by atoms with van der Waals surface area (Å²) in [5.74, 6) is 0.157. The molecular formula is C22H28N2O3S. The predicted molar refractivity (Wildman–Crippen MR) is 111 cm³/mol. The quantitative estimate of drug-likeness (QED) is 0.705. The number of aromatic nitrogens is 1. The first-order valence-electron chi connectivity index (χ1n) is 10.4. The first-order valence-corrected chi connectivity index (χ1v) is 11.9. The van der Waals surface area contributed by atoms with Crippen LogP contribution in [0, 0.1) is 0 Å². The molecule has 4 rings (SSSR count). The van der Waals surface area contributed by atoms with Crippen molar-refractivity contribution in [2.24, 2.45) is 0 Å². The third-order valence-electron chi connectivity index (χ3n) is 5.96. The van der Waals surface area contributed by atoms with Crippen molar-refractivity contribution in [2.45, 2.75) is 69.6 Å². The molecule has 0 saturated carbocycles. The van der Waals surface area contributed by atoms with Crippen LogP contribution in [-0.2, 0) is 22.9 Å². The highest BCUT2D eigenvalue weighted by Crippen LogP contribution is 2.32. The molecule has 1 aromatic carbocycles. The second kappa shape index (κ2) is 7.84. The van der Waals surface area contributed by atoms with Gasteiger partial charge in [-0.1, -0.05) is 18.6 Å². The number of hydrogen-bond acceptors (Lipinski definition) is 3. The maximum absolute atomic E-state index is 13.0. The van der Waals surface area contributed by atoms with Crippen molar-refractivity contribution >= 4 is 26.7 Å². The Kier molecular flexibility index (Phi) is 5.43. The number of nitrogens with one attached hydrogen (secondary N) is 2. The average Bonchev–Trinajstić information content (AvgIpc) is 3.06. The summed E-state index contributed by atoms with van der Waals surface area (Å²) >= 11 is 0. The molecule has 0 unspecified atom stereocenters. The lowest BCUT2D eigenvalue weighted by atomic mass is 9.94. The van der Waals surface area contributed by atoms with Crippen molar-refractivity contribution < 1.29 is 13.2 Å². The van der Waals surface area contributed by atoms with E-state index in [0.29, 0.717) is 24.3 Å². The minimum atomic E-state index is -3.59. The Bertz CT molecular complexity index is 1050. The molecule has 0 radical (unpaired) electrons. The van der Waals surface area contributed by atoms with Gasteiger partial charge in [-0.3, -0.25) is 4.79 Å². The van der Waals surface area contributed by atoms with Crippen molar-refractivity contribution in [1.29, 1.82) is 0 Å². The van der Waals surface area contributed by atoms with E-state index < -0.39 is 10.0 Å². The third kappa shape index (κ3) is 3.67. The van der Waals surface area contributed by atoms with E-state index >= 15 is 0 Å². The summed E-state index contributed by atoms with van der Waals surface area (Å²) in [6.45, 7) is 2.38. The minimum Gasteiger partial charge on any atom is -0.358 e. The zero-order chi connectivity index (χ0) is 19.7. The Balaban J connectivity index is 1.63. The summed E-state index contributed by atoms with van der Waals surface area (Å²) in [5, 5.41) is 0.864. The Morgan fingerprint density at radius 2 is 1.96 bits per heavy atom. The van der Waals surface area contributed by atoms with Gasteiger partial charge in [-0.05, 0) is 69.1 Å². The van der Waals surface area contributed by atoms with Crippen molar-refractivity contribution in [1.82, 2.24) is 9.71 Å². The fourth-order valence-electron chi connectivity index (χ4n) is 4.46. The van der Waals surface area contributed by atoms with Gasteiger partial charge < -0.3 is 4.98 Å². The number of ketones is 1. The van der Waals surface area contributed by atoms with E-state index in [9.17, 15) is 13.2 Å². The molecule has 28 heavy (non-hydrogen) atoms. The largest absolute Gasteiger partial charge is 0.358 e. The Labute approximate surface area is 166 Å². The summed E-state index contributed by atoms with van der Waals surface area (Å²) in [6, 6.07) is 3.61. The van der Waals surface area contributed by atoms with E-state index in [1.54, 1.807) is 6.07 Å². The number of Topliss-reactive ketones (excluding diaryl/α,β-unsaturated/α-hetero) is 1. The molecule has 0 spiro atoms. The van der Waals surface area contributed by atoms with Crippen LogP contribution in [0.3, 0.4) is 0 Å². The molecule has 6 heteroatoms. The van der Waals surface area contributed by atoms with Crippen molar-refractivity contribution in [3.8, 4) is 0 Å². The lowest BCUT2D eigenvalue weighted by Crippen LogP contribution is -2.26. The smallest absolute Gasteiger partial charge is 0.240 e. The van der Waals surface area contributed by atoms with Gasteiger partial charge in [0.25, 0.3) is 0 Å². The molecule has 0 saturated heterocycles. The number of sulfonamides is 1.